The lowest BCUT2D eigenvalue weighted by Crippen LogP contribution is -2.62. The van der Waals surface area contributed by atoms with Crippen molar-refractivity contribution in [1.82, 2.24) is 20.9 Å². The molecule has 2 aromatic rings. The van der Waals surface area contributed by atoms with Gasteiger partial charge >= 0.3 is 5.97 Å². The first-order valence-corrected chi connectivity index (χ1v) is 11.3. The van der Waals surface area contributed by atoms with Crippen LogP contribution < -0.4 is 21.7 Å². The number of carbonyl (C=O) groups excluding carboxylic acids is 3. The van der Waals surface area contributed by atoms with Crippen LogP contribution in [0.4, 0.5) is 0 Å². The molecule has 0 saturated heterocycles. The van der Waals surface area contributed by atoms with E-state index in [0.717, 1.165) is 23.4 Å². The lowest BCUT2D eigenvalue weighted by molar-refractivity contribution is -0.146. The Morgan fingerprint density at radius 1 is 0.833 bits per heavy atom. The molecule has 0 radical (unpaired) electrons. The minimum absolute atomic E-state index is 0.138. The highest BCUT2D eigenvalue weighted by atomic mass is 16.4. The molecule has 2 rings (SSSR count). The minimum Gasteiger partial charge on any atom is -0.480 e. The van der Waals surface area contributed by atoms with E-state index < -0.39 is 66.2 Å². The molecule has 7 unspecified atom stereocenters. The maximum absolute atomic E-state index is 12.8. The maximum atomic E-state index is 12.8. The van der Waals surface area contributed by atoms with E-state index in [1.165, 1.54) is 13.8 Å². The SMILES string of the molecule is CC(O)C(NC(=O)C(NC(=O)C(NC(=O)C(N)Cc1c[nH]c2ccccc12)C(C)O)C(C)O)C(=O)O. The van der Waals surface area contributed by atoms with Crippen molar-refractivity contribution in [3.8, 4) is 0 Å². The number of carbonyl (C=O) groups is 4. The zero-order chi connectivity index (χ0) is 27.2. The van der Waals surface area contributed by atoms with Crippen LogP contribution in [0.15, 0.2) is 30.5 Å². The number of carboxylic acids is 1. The van der Waals surface area contributed by atoms with Crippen molar-refractivity contribution in [2.75, 3.05) is 0 Å². The normalized spacial score (nSPS) is 17.2. The number of nitrogens with two attached hydrogens (primary N) is 1. The van der Waals surface area contributed by atoms with Gasteiger partial charge in [-0.2, -0.15) is 0 Å². The van der Waals surface area contributed by atoms with Crippen LogP contribution in [-0.2, 0) is 25.6 Å². The fourth-order valence-corrected chi connectivity index (χ4v) is 3.58. The number of amides is 3. The number of nitrogens with one attached hydrogen (secondary N) is 4. The average molecular weight is 508 g/mol. The zero-order valence-corrected chi connectivity index (χ0v) is 20.1. The number of rotatable bonds is 12. The van der Waals surface area contributed by atoms with Gasteiger partial charge in [0.2, 0.25) is 17.7 Å². The van der Waals surface area contributed by atoms with Crippen molar-refractivity contribution in [2.24, 2.45) is 5.73 Å². The maximum Gasteiger partial charge on any atom is 0.328 e. The highest BCUT2D eigenvalue weighted by Gasteiger charge is 2.35. The number of fused-ring (bicyclic) bond motifs is 1. The fraction of sp³-hybridized carbons (Fsp3) is 0.478. The molecule has 198 valence electrons. The average Bonchev–Trinajstić information content (AvgIpc) is 3.20. The molecule has 1 aromatic heterocycles. The first-order chi connectivity index (χ1) is 16.8. The number of benzene rings is 1. The van der Waals surface area contributed by atoms with Crippen LogP contribution in [0.2, 0.25) is 0 Å². The van der Waals surface area contributed by atoms with Crippen molar-refractivity contribution in [3.63, 3.8) is 0 Å². The number of carboxylic acid groups (broad SMARTS) is 1. The zero-order valence-electron chi connectivity index (χ0n) is 20.1. The van der Waals surface area contributed by atoms with Gasteiger partial charge in [0.15, 0.2) is 6.04 Å². The van der Waals surface area contributed by atoms with Crippen LogP contribution in [0, 0.1) is 0 Å². The van der Waals surface area contributed by atoms with E-state index in [2.05, 4.69) is 15.6 Å². The van der Waals surface area contributed by atoms with Gasteiger partial charge in [-0.15, -0.1) is 0 Å². The minimum atomic E-state index is -1.69. The molecule has 1 heterocycles. The standard InChI is InChI=1S/C23H33N5O8/c1-10(29)17(21(33)27-18(11(2)30)22(34)28-19(12(3)31)23(35)36)26-20(32)15(24)8-13-9-25-16-7-5-4-6-14(13)16/h4-7,9-12,15,17-19,25,29-31H,8,24H2,1-3H3,(H,26,32)(H,27,33)(H,28,34)(H,35,36). The van der Waals surface area contributed by atoms with Gasteiger partial charge in [-0.25, -0.2) is 4.79 Å². The van der Waals surface area contributed by atoms with Crippen molar-refractivity contribution in [3.05, 3.63) is 36.0 Å². The molecule has 3 amide bonds. The molecule has 36 heavy (non-hydrogen) atoms. The summed E-state index contributed by atoms with van der Waals surface area (Å²) in [5.41, 5.74) is 7.68. The third-order valence-corrected chi connectivity index (χ3v) is 5.62. The third kappa shape index (κ3) is 7.24. The lowest BCUT2D eigenvalue weighted by Gasteiger charge is -2.28. The van der Waals surface area contributed by atoms with E-state index >= 15 is 0 Å². The Balaban J connectivity index is 2.09. The van der Waals surface area contributed by atoms with Crippen LogP contribution in [0.3, 0.4) is 0 Å². The number of aliphatic hydroxyl groups excluding tert-OH is 3. The molecule has 0 spiro atoms. The topological polar surface area (TPSA) is 227 Å². The van der Waals surface area contributed by atoms with Gasteiger partial charge in [-0.05, 0) is 38.8 Å². The summed E-state index contributed by atoms with van der Waals surface area (Å²) in [5.74, 6) is -4.35. The molecule has 0 aliphatic rings. The van der Waals surface area contributed by atoms with Crippen LogP contribution in [0.1, 0.15) is 26.3 Å². The Bertz CT molecular complexity index is 1080. The number of H-pyrrole nitrogens is 1. The van der Waals surface area contributed by atoms with Gasteiger partial charge in [0, 0.05) is 17.1 Å². The molecule has 10 N–H and O–H groups in total. The van der Waals surface area contributed by atoms with E-state index in [-0.39, 0.29) is 6.42 Å². The van der Waals surface area contributed by atoms with E-state index in [1.54, 1.807) is 6.20 Å². The predicted molar refractivity (Wildman–Crippen MR) is 128 cm³/mol. The fourth-order valence-electron chi connectivity index (χ4n) is 3.58. The second-order valence-electron chi connectivity index (χ2n) is 8.69. The summed E-state index contributed by atoms with van der Waals surface area (Å²) in [6.07, 6.45) is -2.48. The smallest absolute Gasteiger partial charge is 0.328 e. The summed E-state index contributed by atoms with van der Waals surface area (Å²) < 4.78 is 0. The van der Waals surface area contributed by atoms with Gasteiger partial charge in [0.05, 0.1) is 24.4 Å². The quantitative estimate of drug-likeness (QED) is 0.150. The molecule has 0 saturated carbocycles. The number of aliphatic hydroxyl groups is 3. The van der Waals surface area contributed by atoms with Gasteiger partial charge in [0.1, 0.15) is 12.1 Å². The summed E-state index contributed by atoms with van der Waals surface area (Å²) in [6, 6.07) is 1.49. The largest absolute Gasteiger partial charge is 0.480 e. The third-order valence-electron chi connectivity index (χ3n) is 5.62. The second kappa shape index (κ2) is 12.4. The Morgan fingerprint density at radius 3 is 1.81 bits per heavy atom. The number of aliphatic carboxylic acids is 1. The van der Waals surface area contributed by atoms with Crippen molar-refractivity contribution < 1.29 is 39.6 Å². The van der Waals surface area contributed by atoms with Crippen LogP contribution in [0.25, 0.3) is 10.9 Å². The monoisotopic (exact) mass is 507 g/mol. The molecular weight excluding hydrogens is 474 g/mol. The lowest BCUT2D eigenvalue weighted by atomic mass is 10.0. The number of hydrogen-bond acceptors (Lipinski definition) is 8. The van der Waals surface area contributed by atoms with Crippen molar-refractivity contribution in [2.45, 2.75) is 69.7 Å². The van der Waals surface area contributed by atoms with Gasteiger partial charge in [0.25, 0.3) is 0 Å². The summed E-state index contributed by atoms with van der Waals surface area (Å²) in [4.78, 5) is 52.4. The van der Waals surface area contributed by atoms with E-state index in [1.807, 2.05) is 29.6 Å². The van der Waals surface area contributed by atoms with Gasteiger partial charge < -0.3 is 47.1 Å². The van der Waals surface area contributed by atoms with E-state index in [0.29, 0.717) is 0 Å². The Kier molecular flexibility index (Phi) is 9.93. The highest BCUT2D eigenvalue weighted by Crippen LogP contribution is 2.18. The molecule has 0 aliphatic heterocycles. The molecule has 7 atom stereocenters. The number of aromatic nitrogens is 1. The van der Waals surface area contributed by atoms with E-state index in [9.17, 15) is 34.5 Å². The molecular formula is C23H33N5O8. The Morgan fingerprint density at radius 2 is 1.31 bits per heavy atom. The summed E-state index contributed by atoms with van der Waals surface area (Å²) in [6.45, 7) is 3.56. The van der Waals surface area contributed by atoms with E-state index in [4.69, 9.17) is 10.8 Å². The number of para-hydroxylation sites is 1. The predicted octanol–water partition coefficient (Wildman–Crippen LogP) is -2.28. The van der Waals surface area contributed by atoms with Crippen LogP contribution in [-0.4, -0.2) is 91.6 Å². The molecule has 0 aliphatic carbocycles. The first-order valence-electron chi connectivity index (χ1n) is 11.3. The summed E-state index contributed by atoms with van der Waals surface area (Å²) >= 11 is 0. The molecule has 1 aromatic carbocycles. The van der Waals surface area contributed by atoms with Crippen LogP contribution in [0.5, 0.6) is 0 Å². The molecule has 0 fully saturated rings. The Labute approximate surface area is 207 Å². The van der Waals surface area contributed by atoms with Crippen LogP contribution >= 0.6 is 0 Å². The summed E-state index contributed by atoms with van der Waals surface area (Å²) in [7, 11) is 0. The molecule has 13 heteroatoms. The highest BCUT2D eigenvalue weighted by molar-refractivity contribution is 5.95. The number of hydrogen-bond donors (Lipinski definition) is 9. The number of aromatic amines is 1. The molecule has 0 bridgehead atoms. The first kappa shape index (κ1) is 28.7. The van der Waals surface area contributed by atoms with Crippen molar-refractivity contribution in [1.29, 1.82) is 0 Å². The molecule has 13 nitrogen and oxygen atoms in total. The Hall–Kier alpha value is -3.52. The summed E-state index contributed by atoms with van der Waals surface area (Å²) in [5, 5.41) is 46.2. The van der Waals surface area contributed by atoms with Gasteiger partial charge in [-0.3, -0.25) is 14.4 Å². The van der Waals surface area contributed by atoms with Crippen molar-refractivity contribution >= 4 is 34.6 Å². The van der Waals surface area contributed by atoms with Gasteiger partial charge in [-0.1, -0.05) is 18.2 Å². The second-order valence-corrected chi connectivity index (χ2v) is 8.69.